The van der Waals surface area contributed by atoms with Crippen LogP contribution >= 0.6 is 0 Å². The predicted molar refractivity (Wildman–Crippen MR) is 118 cm³/mol. The van der Waals surface area contributed by atoms with Crippen molar-refractivity contribution in [2.75, 3.05) is 0 Å². The van der Waals surface area contributed by atoms with Crippen LogP contribution in [0.1, 0.15) is 43.2 Å². The molecule has 2 heterocycles. The molecule has 0 N–H and O–H groups in total. The molecule has 2 bridgehead atoms. The number of allylic oxidation sites excluding steroid dienone is 5. The highest BCUT2D eigenvalue weighted by Crippen LogP contribution is 2.57. The molecule has 0 radical (unpaired) electrons. The fourth-order valence-corrected chi connectivity index (χ4v) is 6.22. The number of ether oxygens (including phenoxy) is 1. The van der Waals surface area contributed by atoms with Crippen LogP contribution in [0.4, 0.5) is 0 Å². The highest BCUT2D eigenvalue weighted by Gasteiger charge is 2.54. The molecule has 29 heavy (non-hydrogen) atoms. The highest BCUT2D eigenvalue weighted by molar-refractivity contribution is 5.58. The molecule has 1 heteroatoms. The molecule has 0 spiro atoms. The first-order chi connectivity index (χ1) is 14.4. The topological polar surface area (TPSA) is 9.23 Å². The summed E-state index contributed by atoms with van der Waals surface area (Å²) < 4.78 is 7.00. The third kappa shape index (κ3) is 2.44. The number of fused-ring (bicyclic) bond motifs is 3. The van der Waals surface area contributed by atoms with Crippen molar-refractivity contribution >= 4 is 0 Å². The zero-order valence-electron chi connectivity index (χ0n) is 16.7. The van der Waals surface area contributed by atoms with Crippen molar-refractivity contribution in [2.24, 2.45) is 0 Å². The number of hydrogen-bond donors (Lipinski definition) is 0. The Hall–Kier alpha value is -2.64. The Kier molecular flexibility index (Phi) is 3.99. The predicted octanol–water partition coefficient (Wildman–Crippen LogP) is 6.44. The zero-order chi connectivity index (χ0) is 19.3. The number of benzene rings is 2. The van der Waals surface area contributed by atoms with E-state index in [9.17, 15) is 0 Å². The van der Waals surface area contributed by atoms with Crippen molar-refractivity contribution in [1.29, 1.82) is 0 Å². The van der Waals surface area contributed by atoms with Crippen LogP contribution in [0.2, 0.25) is 0 Å². The second-order valence-electron chi connectivity index (χ2n) is 8.64. The molecular formula is C28H26O. The minimum absolute atomic E-state index is 0.150. The Morgan fingerprint density at radius 1 is 0.724 bits per heavy atom. The van der Waals surface area contributed by atoms with Crippen LogP contribution in [-0.2, 0) is 10.2 Å². The Labute approximate surface area is 173 Å². The minimum atomic E-state index is -0.150. The summed E-state index contributed by atoms with van der Waals surface area (Å²) in [4.78, 5) is 0. The van der Waals surface area contributed by atoms with Gasteiger partial charge >= 0.3 is 0 Å². The summed E-state index contributed by atoms with van der Waals surface area (Å²) in [5.74, 6) is 0. The van der Waals surface area contributed by atoms with Gasteiger partial charge in [-0.05, 0) is 60.0 Å². The standard InChI is InChI=1S/C28H26O/c1-3-12-21(13-4-1)28(22-14-5-2-6-15-22)25-17-9-16-24(25)27-23(18-19-26(28)29-27)20-10-7-8-11-20/h1-8,10-15,26-27H,9,16-19H2/t26-,27+/m1/s1. The van der Waals surface area contributed by atoms with Gasteiger partial charge in [0.15, 0.2) is 0 Å². The number of rotatable bonds is 2. The Balaban J connectivity index is 1.62. The van der Waals surface area contributed by atoms with Gasteiger partial charge in [-0.25, -0.2) is 0 Å². The lowest BCUT2D eigenvalue weighted by Gasteiger charge is -2.52. The van der Waals surface area contributed by atoms with Crippen LogP contribution in [0.3, 0.4) is 0 Å². The maximum Gasteiger partial charge on any atom is 0.101 e. The second-order valence-corrected chi connectivity index (χ2v) is 8.64. The highest BCUT2D eigenvalue weighted by atomic mass is 16.5. The third-order valence-electron chi connectivity index (χ3n) is 7.32. The summed E-state index contributed by atoms with van der Waals surface area (Å²) in [6.45, 7) is 0. The number of hydrogen-bond acceptors (Lipinski definition) is 1. The van der Waals surface area contributed by atoms with Crippen molar-refractivity contribution in [2.45, 2.75) is 49.7 Å². The van der Waals surface area contributed by atoms with Crippen LogP contribution in [0, 0.1) is 0 Å². The lowest BCUT2D eigenvalue weighted by molar-refractivity contribution is -0.0442. The Morgan fingerprint density at radius 3 is 2.03 bits per heavy atom. The van der Waals surface area contributed by atoms with Crippen molar-refractivity contribution < 1.29 is 4.74 Å². The second kappa shape index (κ2) is 6.71. The average molecular weight is 379 g/mol. The van der Waals surface area contributed by atoms with E-state index in [1.54, 1.807) is 11.1 Å². The molecule has 1 fully saturated rings. The van der Waals surface area contributed by atoms with Gasteiger partial charge in [-0.2, -0.15) is 0 Å². The maximum atomic E-state index is 7.00. The quantitative estimate of drug-likeness (QED) is 0.547. The first kappa shape index (κ1) is 17.2. The molecule has 2 aliphatic heterocycles. The van der Waals surface area contributed by atoms with Crippen molar-refractivity contribution in [3.8, 4) is 0 Å². The third-order valence-corrected chi connectivity index (χ3v) is 7.32. The Bertz CT molecular complexity index is 999. The van der Waals surface area contributed by atoms with Gasteiger partial charge in [-0.15, -0.1) is 0 Å². The fraction of sp³-hybridized carbons (Fsp3) is 0.286. The minimum Gasteiger partial charge on any atom is -0.365 e. The molecule has 0 amide bonds. The largest absolute Gasteiger partial charge is 0.365 e. The van der Waals surface area contributed by atoms with Gasteiger partial charge in [-0.1, -0.05) is 90.5 Å². The van der Waals surface area contributed by atoms with Gasteiger partial charge < -0.3 is 4.74 Å². The molecule has 2 aromatic rings. The van der Waals surface area contributed by atoms with E-state index in [4.69, 9.17) is 4.74 Å². The monoisotopic (exact) mass is 378 g/mol. The zero-order valence-corrected chi connectivity index (χ0v) is 16.7. The first-order valence-corrected chi connectivity index (χ1v) is 11.0. The molecule has 2 aliphatic carbocycles. The molecule has 1 nitrogen and oxygen atoms in total. The van der Waals surface area contributed by atoms with Gasteiger partial charge in [0.2, 0.25) is 0 Å². The molecule has 6 rings (SSSR count). The lowest BCUT2D eigenvalue weighted by Crippen LogP contribution is -2.52. The van der Waals surface area contributed by atoms with Crippen molar-refractivity contribution in [1.82, 2.24) is 0 Å². The molecule has 2 atom stereocenters. The fourth-order valence-electron chi connectivity index (χ4n) is 6.22. The smallest absolute Gasteiger partial charge is 0.101 e. The molecule has 0 unspecified atom stereocenters. The lowest BCUT2D eigenvalue weighted by atomic mass is 9.60. The van der Waals surface area contributed by atoms with Gasteiger partial charge in [0.1, 0.15) is 6.10 Å². The van der Waals surface area contributed by atoms with Gasteiger partial charge in [0.25, 0.3) is 0 Å². The Morgan fingerprint density at radius 2 is 1.38 bits per heavy atom. The van der Waals surface area contributed by atoms with Crippen molar-refractivity contribution in [3.63, 3.8) is 0 Å². The van der Waals surface area contributed by atoms with Crippen LogP contribution in [0.15, 0.2) is 107 Å². The summed E-state index contributed by atoms with van der Waals surface area (Å²) >= 11 is 0. The molecule has 1 saturated heterocycles. The van der Waals surface area contributed by atoms with E-state index in [1.807, 2.05) is 0 Å². The van der Waals surface area contributed by atoms with E-state index in [0.29, 0.717) is 0 Å². The normalized spacial score (nSPS) is 26.9. The van der Waals surface area contributed by atoms with Gasteiger partial charge in [-0.3, -0.25) is 0 Å². The van der Waals surface area contributed by atoms with E-state index in [-0.39, 0.29) is 17.6 Å². The summed E-state index contributed by atoms with van der Waals surface area (Å²) in [7, 11) is 0. The SMILES string of the molecule is C1=CC(=C2CC[C@H]3O[C@@H]2C2=C(CCC2)C3(c2ccccc2)c2ccccc2)C=C1. The molecule has 144 valence electrons. The van der Waals surface area contributed by atoms with Crippen LogP contribution in [0.25, 0.3) is 0 Å². The van der Waals surface area contributed by atoms with E-state index in [0.717, 1.165) is 12.8 Å². The van der Waals surface area contributed by atoms with Gasteiger partial charge in [0.05, 0.1) is 11.5 Å². The summed E-state index contributed by atoms with van der Waals surface area (Å²) in [5.41, 5.74) is 8.70. The first-order valence-electron chi connectivity index (χ1n) is 11.0. The van der Waals surface area contributed by atoms with Crippen molar-refractivity contribution in [3.05, 3.63) is 118 Å². The molecular weight excluding hydrogens is 352 g/mol. The molecule has 2 aromatic carbocycles. The van der Waals surface area contributed by atoms with Crippen LogP contribution in [-0.4, -0.2) is 12.2 Å². The molecule has 4 aliphatic rings. The van der Waals surface area contributed by atoms with E-state index < -0.39 is 0 Å². The van der Waals surface area contributed by atoms with E-state index in [2.05, 4.69) is 85.0 Å². The summed E-state index contributed by atoms with van der Waals surface area (Å²) in [6.07, 6.45) is 15.0. The molecule has 0 saturated carbocycles. The maximum absolute atomic E-state index is 7.00. The van der Waals surface area contributed by atoms with E-state index in [1.165, 1.54) is 41.5 Å². The van der Waals surface area contributed by atoms with Crippen LogP contribution < -0.4 is 0 Å². The van der Waals surface area contributed by atoms with Crippen LogP contribution in [0.5, 0.6) is 0 Å². The van der Waals surface area contributed by atoms with E-state index >= 15 is 0 Å². The molecule has 0 aromatic heterocycles. The average Bonchev–Trinajstić information content (AvgIpc) is 3.49. The summed E-state index contributed by atoms with van der Waals surface area (Å²) in [5, 5.41) is 0. The van der Waals surface area contributed by atoms with Gasteiger partial charge in [0, 0.05) is 0 Å². The summed E-state index contributed by atoms with van der Waals surface area (Å²) in [6, 6.07) is 22.3.